The summed E-state index contributed by atoms with van der Waals surface area (Å²) in [5, 5.41) is 8.65. The number of rotatable bonds is 3. The van der Waals surface area contributed by atoms with Gasteiger partial charge in [0.2, 0.25) is 0 Å². The number of aryl methyl sites for hydroxylation is 1. The number of fused-ring (bicyclic) bond motifs is 1. The standard InChI is InChI=1S/C10H14N4/c1-2-14-12-9-4-3-8(5-6-11)7-10(9)13-14/h3-4,7H,2,5-6,11H2,1H3. The lowest BCUT2D eigenvalue weighted by atomic mass is 10.1. The molecule has 2 aromatic rings. The van der Waals surface area contributed by atoms with Crippen LogP contribution in [0.5, 0.6) is 0 Å². The molecule has 0 atom stereocenters. The number of nitrogens with two attached hydrogens (primary N) is 1. The van der Waals surface area contributed by atoms with Gasteiger partial charge in [0.15, 0.2) is 0 Å². The molecular weight excluding hydrogens is 176 g/mol. The lowest BCUT2D eigenvalue weighted by Crippen LogP contribution is -2.02. The molecule has 0 bridgehead atoms. The highest BCUT2D eigenvalue weighted by Crippen LogP contribution is 2.11. The van der Waals surface area contributed by atoms with Crippen LogP contribution >= 0.6 is 0 Å². The van der Waals surface area contributed by atoms with E-state index in [1.807, 2.05) is 13.0 Å². The Morgan fingerprint density at radius 2 is 2.07 bits per heavy atom. The van der Waals surface area contributed by atoms with Gasteiger partial charge in [-0.15, -0.1) is 0 Å². The summed E-state index contributed by atoms with van der Waals surface area (Å²) < 4.78 is 0. The minimum atomic E-state index is 0.674. The number of nitrogens with zero attached hydrogens (tertiary/aromatic N) is 3. The molecule has 0 aliphatic rings. The summed E-state index contributed by atoms with van der Waals surface area (Å²) in [6.07, 6.45) is 0.898. The average molecular weight is 190 g/mol. The Hall–Kier alpha value is -1.42. The fraction of sp³-hybridized carbons (Fsp3) is 0.400. The highest BCUT2D eigenvalue weighted by Gasteiger charge is 2.01. The van der Waals surface area contributed by atoms with Crippen LogP contribution in [-0.2, 0) is 13.0 Å². The topological polar surface area (TPSA) is 56.7 Å². The third-order valence-corrected chi connectivity index (χ3v) is 2.20. The van der Waals surface area contributed by atoms with Crippen LogP contribution < -0.4 is 5.73 Å². The molecule has 4 heteroatoms. The van der Waals surface area contributed by atoms with E-state index in [-0.39, 0.29) is 0 Å². The van der Waals surface area contributed by atoms with Gasteiger partial charge in [-0.1, -0.05) is 6.07 Å². The van der Waals surface area contributed by atoms with E-state index in [2.05, 4.69) is 22.3 Å². The minimum Gasteiger partial charge on any atom is -0.330 e. The lowest BCUT2D eigenvalue weighted by Gasteiger charge is -1.95. The summed E-state index contributed by atoms with van der Waals surface area (Å²) in [5.74, 6) is 0. The van der Waals surface area contributed by atoms with Crippen molar-refractivity contribution in [3.05, 3.63) is 23.8 Å². The maximum absolute atomic E-state index is 5.49. The van der Waals surface area contributed by atoms with Crippen molar-refractivity contribution in [2.24, 2.45) is 5.73 Å². The highest BCUT2D eigenvalue weighted by molar-refractivity contribution is 5.74. The third-order valence-electron chi connectivity index (χ3n) is 2.20. The highest BCUT2D eigenvalue weighted by atomic mass is 15.5. The van der Waals surface area contributed by atoms with Gasteiger partial charge in [-0.25, -0.2) is 0 Å². The lowest BCUT2D eigenvalue weighted by molar-refractivity contribution is 0.578. The Bertz CT molecular complexity index is 433. The van der Waals surface area contributed by atoms with Crippen LogP contribution in [0.15, 0.2) is 18.2 Å². The smallest absolute Gasteiger partial charge is 0.113 e. The van der Waals surface area contributed by atoms with Gasteiger partial charge in [0, 0.05) is 0 Å². The van der Waals surface area contributed by atoms with Crippen molar-refractivity contribution in [2.75, 3.05) is 6.54 Å². The molecular formula is C10H14N4. The number of hydrogen-bond donors (Lipinski definition) is 1. The average Bonchev–Trinajstić information content (AvgIpc) is 2.60. The maximum Gasteiger partial charge on any atom is 0.113 e. The van der Waals surface area contributed by atoms with Gasteiger partial charge in [0.25, 0.3) is 0 Å². The first kappa shape index (κ1) is 9.15. The zero-order valence-electron chi connectivity index (χ0n) is 8.27. The Kier molecular flexibility index (Phi) is 2.45. The zero-order chi connectivity index (χ0) is 9.97. The largest absolute Gasteiger partial charge is 0.330 e. The van der Waals surface area contributed by atoms with E-state index in [9.17, 15) is 0 Å². The van der Waals surface area contributed by atoms with Crippen LogP contribution in [0.3, 0.4) is 0 Å². The molecule has 2 rings (SSSR count). The van der Waals surface area contributed by atoms with Crippen LogP contribution in [-0.4, -0.2) is 21.5 Å². The van der Waals surface area contributed by atoms with Crippen molar-refractivity contribution in [3.63, 3.8) is 0 Å². The first-order chi connectivity index (χ1) is 6.83. The maximum atomic E-state index is 5.49. The molecule has 14 heavy (non-hydrogen) atoms. The minimum absolute atomic E-state index is 0.674. The zero-order valence-corrected chi connectivity index (χ0v) is 8.27. The molecule has 0 spiro atoms. The quantitative estimate of drug-likeness (QED) is 0.784. The van der Waals surface area contributed by atoms with Crippen LogP contribution in [0.4, 0.5) is 0 Å². The molecule has 0 unspecified atom stereocenters. The summed E-state index contributed by atoms with van der Waals surface area (Å²) in [7, 11) is 0. The molecule has 0 aliphatic carbocycles. The van der Waals surface area contributed by atoms with Crippen molar-refractivity contribution in [1.82, 2.24) is 15.0 Å². The first-order valence-electron chi connectivity index (χ1n) is 4.87. The summed E-state index contributed by atoms with van der Waals surface area (Å²) >= 11 is 0. The summed E-state index contributed by atoms with van der Waals surface area (Å²) in [6.45, 7) is 3.51. The molecule has 74 valence electrons. The summed E-state index contributed by atoms with van der Waals surface area (Å²) in [4.78, 5) is 1.71. The van der Waals surface area contributed by atoms with Crippen molar-refractivity contribution in [1.29, 1.82) is 0 Å². The monoisotopic (exact) mass is 190 g/mol. The van der Waals surface area contributed by atoms with Crippen molar-refractivity contribution >= 4 is 11.0 Å². The van der Waals surface area contributed by atoms with Crippen molar-refractivity contribution in [2.45, 2.75) is 19.9 Å². The molecule has 0 aliphatic heterocycles. The molecule has 1 aromatic carbocycles. The van der Waals surface area contributed by atoms with E-state index in [1.165, 1.54) is 5.56 Å². The SMILES string of the molecule is CCn1nc2ccc(CCN)cc2n1. The summed E-state index contributed by atoms with van der Waals surface area (Å²) in [6, 6.07) is 6.12. The van der Waals surface area contributed by atoms with Crippen molar-refractivity contribution < 1.29 is 0 Å². The number of aromatic nitrogens is 3. The van der Waals surface area contributed by atoms with Gasteiger partial charge in [-0.3, -0.25) is 0 Å². The van der Waals surface area contributed by atoms with Crippen LogP contribution in [0.2, 0.25) is 0 Å². The molecule has 0 fully saturated rings. The fourth-order valence-electron chi connectivity index (χ4n) is 1.47. The number of benzene rings is 1. The normalized spacial score (nSPS) is 11.0. The van der Waals surface area contributed by atoms with E-state index < -0.39 is 0 Å². The second kappa shape index (κ2) is 3.75. The van der Waals surface area contributed by atoms with Crippen LogP contribution in [0.25, 0.3) is 11.0 Å². The van der Waals surface area contributed by atoms with E-state index >= 15 is 0 Å². The molecule has 4 nitrogen and oxygen atoms in total. The number of hydrogen-bond acceptors (Lipinski definition) is 3. The van der Waals surface area contributed by atoms with Gasteiger partial charge in [-0.2, -0.15) is 15.0 Å². The molecule has 0 amide bonds. The molecule has 0 radical (unpaired) electrons. The second-order valence-electron chi connectivity index (χ2n) is 3.25. The van der Waals surface area contributed by atoms with E-state index in [1.54, 1.807) is 4.80 Å². The second-order valence-corrected chi connectivity index (χ2v) is 3.25. The van der Waals surface area contributed by atoms with Gasteiger partial charge < -0.3 is 5.73 Å². The molecule has 0 saturated heterocycles. The Labute approximate surface area is 82.7 Å². The third kappa shape index (κ3) is 1.61. The molecule has 1 aromatic heterocycles. The van der Waals surface area contributed by atoms with Crippen LogP contribution in [0, 0.1) is 0 Å². The predicted octanol–water partition coefficient (Wildman–Crippen LogP) is 0.952. The Balaban J connectivity index is 2.43. The van der Waals surface area contributed by atoms with Crippen LogP contribution in [0.1, 0.15) is 12.5 Å². The molecule has 1 heterocycles. The summed E-state index contributed by atoms with van der Waals surface area (Å²) in [5.41, 5.74) is 8.63. The Morgan fingerprint density at radius 3 is 2.79 bits per heavy atom. The van der Waals surface area contributed by atoms with Gasteiger partial charge in [-0.05, 0) is 37.6 Å². The molecule has 2 N–H and O–H groups in total. The van der Waals surface area contributed by atoms with E-state index in [4.69, 9.17) is 5.73 Å². The predicted molar refractivity (Wildman–Crippen MR) is 56.0 cm³/mol. The van der Waals surface area contributed by atoms with E-state index in [0.29, 0.717) is 6.54 Å². The van der Waals surface area contributed by atoms with Gasteiger partial charge >= 0.3 is 0 Å². The van der Waals surface area contributed by atoms with Gasteiger partial charge in [0.05, 0.1) is 6.54 Å². The van der Waals surface area contributed by atoms with Crippen molar-refractivity contribution in [3.8, 4) is 0 Å². The van der Waals surface area contributed by atoms with E-state index in [0.717, 1.165) is 24.0 Å². The fourth-order valence-corrected chi connectivity index (χ4v) is 1.47. The molecule has 0 saturated carbocycles. The Morgan fingerprint density at radius 1 is 1.29 bits per heavy atom. The van der Waals surface area contributed by atoms with Gasteiger partial charge in [0.1, 0.15) is 11.0 Å². The first-order valence-corrected chi connectivity index (χ1v) is 4.87.